The van der Waals surface area contributed by atoms with Gasteiger partial charge in [0.2, 0.25) is 0 Å². The molecule has 0 aliphatic carbocycles. The number of carbonyl (C=O) groups is 1. The molecule has 0 bridgehead atoms. The summed E-state index contributed by atoms with van der Waals surface area (Å²) in [5.41, 5.74) is 0.248. The minimum atomic E-state index is -0.349. The Kier molecular flexibility index (Phi) is 4.82. The quantitative estimate of drug-likeness (QED) is 0.654. The van der Waals surface area contributed by atoms with Gasteiger partial charge >= 0.3 is 0 Å². The number of hydrogen-bond acceptors (Lipinski definition) is 2. The number of phenols is 1. The number of halogens is 1. The van der Waals surface area contributed by atoms with Crippen LogP contribution in [0.25, 0.3) is 0 Å². The van der Waals surface area contributed by atoms with Crippen LogP contribution in [-0.2, 0) is 0 Å². The lowest BCUT2D eigenvalue weighted by atomic mass is 10.0. The van der Waals surface area contributed by atoms with Gasteiger partial charge in [0, 0.05) is 3.57 Å². The van der Waals surface area contributed by atoms with Crippen LogP contribution in [0.1, 0.15) is 24.2 Å². The lowest BCUT2D eigenvalue weighted by Gasteiger charge is -2.17. The molecule has 1 unspecified atom stereocenters. The molecule has 1 rings (SSSR count). The van der Waals surface area contributed by atoms with Gasteiger partial charge in [0.05, 0.1) is 11.6 Å². The Balaban J connectivity index is 2.90. The van der Waals surface area contributed by atoms with E-state index >= 15 is 0 Å². The number of carbonyl (C=O) groups excluding carboxylic acids is 1. The molecule has 90 valence electrons. The van der Waals surface area contributed by atoms with E-state index in [1.54, 1.807) is 12.1 Å². The van der Waals surface area contributed by atoms with Crippen molar-refractivity contribution in [1.82, 2.24) is 5.32 Å². The molecule has 3 nitrogen and oxygen atoms in total. The molecule has 0 fully saturated rings. The molecule has 1 amide bonds. The van der Waals surface area contributed by atoms with E-state index in [9.17, 15) is 9.90 Å². The summed E-state index contributed by atoms with van der Waals surface area (Å²) < 4.78 is 0.882. The number of aromatic hydroxyl groups is 1. The lowest BCUT2D eigenvalue weighted by Crippen LogP contribution is -2.37. The van der Waals surface area contributed by atoms with Gasteiger partial charge in [-0.05, 0) is 46.7 Å². The molecular weight excluding hydrogens is 329 g/mol. The van der Waals surface area contributed by atoms with Crippen LogP contribution in [0.2, 0.25) is 0 Å². The predicted octanol–water partition coefficient (Wildman–Crippen LogP) is 2.38. The topological polar surface area (TPSA) is 49.3 Å². The monoisotopic (exact) mass is 343 g/mol. The third-order valence-corrected chi connectivity index (χ3v) is 3.01. The van der Waals surface area contributed by atoms with Gasteiger partial charge in [-0.2, -0.15) is 0 Å². The number of nitrogens with one attached hydrogen (secondary N) is 1. The molecule has 0 aliphatic heterocycles. The molecule has 4 heteroatoms. The summed E-state index contributed by atoms with van der Waals surface area (Å²) in [6, 6.07) is 4.52. The SMILES string of the molecule is C#CC(NC(=O)c1cc(I)ccc1O)C(C)C. The minimum Gasteiger partial charge on any atom is -0.507 e. The zero-order chi connectivity index (χ0) is 13.0. The van der Waals surface area contributed by atoms with Gasteiger partial charge in [-0.25, -0.2) is 0 Å². The van der Waals surface area contributed by atoms with E-state index in [-0.39, 0.29) is 29.2 Å². The summed E-state index contributed by atoms with van der Waals surface area (Å²) in [6.45, 7) is 3.86. The van der Waals surface area contributed by atoms with Crippen molar-refractivity contribution in [3.05, 3.63) is 27.3 Å². The zero-order valence-corrected chi connectivity index (χ0v) is 11.9. The molecule has 17 heavy (non-hydrogen) atoms. The van der Waals surface area contributed by atoms with E-state index in [0.717, 1.165) is 3.57 Å². The van der Waals surface area contributed by atoms with Crippen LogP contribution in [0.15, 0.2) is 18.2 Å². The molecule has 0 heterocycles. The predicted molar refractivity (Wildman–Crippen MR) is 75.7 cm³/mol. The highest BCUT2D eigenvalue weighted by Crippen LogP contribution is 2.19. The minimum absolute atomic E-state index is 0.0394. The molecule has 1 atom stereocenters. The molecule has 1 aromatic rings. The summed E-state index contributed by atoms with van der Waals surface area (Å²) in [7, 11) is 0. The summed E-state index contributed by atoms with van der Waals surface area (Å²) in [4.78, 5) is 11.9. The average molecular weight is 343 g/mol. The molecule has 0 saturated heterocycles. The van der Waals surface area contributed by atoms with Crippen molar-refractivity contribution in [2.45, 2.75) is 19.9 Å². The van der Waals surface area contributed by atoms with Crippen LogP contribution in [0, 0.1) is 21.8 Å². The third-order valence-electron chi connectivity index (χ3n) is 2.34. The molecule has 0 spiro atoms. The Hall–Kier alpha value is -1.22. The van der Waals surface area contributed by atoms with Crippen molar-refractivity contribution < 1.29 is 9.90 Å². The highest BCUT2D eigenvalue weighted by molar-refractivity contribution is 14.1. The Labute approximate surface area is 115 Å². The van der Waals surface area contributed by atoms with E-state index in [2.05, 4.69) is 33.8 Å². The van der Waals surface area contributed by atoms with E-state index in [1.165, 1.54) is 6.07 Å². The molecule has 0 radical (unpaired) electrons. The normalized spacial score (nSPS) is 11.9. The first kappa shape index (κ1) is 13.8. The van der Waals surface area contributed by atoms with Crippen molar-refractivity contribution in [2.75, 3.05) is 0 Å². The first-order valence-corrected chi connectivity index (χ1v) is 6.29. The number of phenolic OH excluding ortho intramolecular Hbond substituents is 1. The lowest BCUT2D eigenvalue weighted by molar-refractivity contribution is 0.0935. The van der Waals surface area contributed by atoms with E-state index in [4.69, 9.17) is 6.42 Å². The van der Waals surface area contributed by atoms with Gasteiger partial charge in [-0.15, -0.1) is 6.42 Å². The van der Waals surface area contributed by atoms with Crippen LogP contribution in [0.5, 0.6) is 5.75 Å². The Morgan fingerprint density at radius 3 is 2.71 bits per heavy atom. The molecule has 0 saturated carbocycles. The maximum atomic E-state index is 11.9. The van der Waals surface area contributed by atoms with Gasteiger partial charge in [0.1, 0.15) is 5.75 Å². The summed E-state index contributed by atoms with van der Waals surface area (Å²) >= 11 is 2.08. The van der Waals surface area contributed by atoms with Crippen LogP contribution in [0.4, 0.5) is 0 Å². The van der Waals surface area contributed by atoms with Gasteiger partial charge in [-0.3, -0.25) is 4.79 Å². The number of terminal acetylenes is 1. The maximum absolute atomic E-state index is 11.9. The molecule has 0 aromatic heterocycles. The highest BCUT2D eigenvalue weighted by Gasteiger charge is 2.17. The van der Waals surface area contributed by atoms with Crippen LogP contribution < -0.4 is 5.32 Å². The van der Waals surface area contributed by atoms with Gasteiger partial charge < -0.3 is 10.4 Å². The molecule has 2 N–H and O–H groups in total. The second kappa shape index (κ2) is 5.92. The van der Waals surface area contributed by atoms with E-state index in [1.807, 2.05) is 13.8 Å². The fourth-order valence-electron chi connectivity index (χ4n) is 1.31. The van der Waals surface area contributed by atoms with Crippen molar-refractivity contribution in [1.29, 1.82) is 0 Å². The molecular formula is C13H14INO2. The third kappa shape index (κ3) is 3.63. The highest BCUT2D eigenvalue weighted by atomic mass is 127. The fourth-order valence-corrected chi connectivity index (χ4v) is 1.80. The van der Waals surface area contributed by atoms with Crippen molar-refractivity contribution in [2.24, 2.45) is 5.92 Å². The van der Waals surface area contributed by atoms with E-state index in [0.29, 0.717) is 0 Å². The number of rotatable bonds is 3. The number of benzene rings is 1. The Bertz CT molecular complexity index is 463. The number of amides is 1. The standard InChI is InChI=1S/C13H14INO2/c1-4-11(8(2)3)15-13(17)10-7-9(14)5-6-12(10)16/h1,5-8,11,16H,2-3H3,(H,15,17). The average Bonchev–Trinajstić information content (AvgIpc) is 2.28. The van der Waals surface area contributed by atoms with Crippen molar-refractivity contribution in [3.8, 4) is 18.1 Å². The van der Waals surface area contributed by atoms with Gasteiger partial charge in [0.15, 0.2) is 0 Å². The van der Waals surface area contributed by atoms with Crippen LogP contribution in [0.3, 0.4) is 0 Å². The summed E-state index contributed by atoms with van der Waals surface area (Å²) in [5.74, 6) is 2.28. The fraction of sp³-hybridized carbons (Fsp3) is 0.308. The zero-order valence-electron chi connectivity index (χ0n) is 9.70. The largest absolute Gasteiger partial charge is 0.507 e. The van der Waals surface area contributed by atoms with Gasteiger partial charge in [0.25, 0.3) is 5.91 Å². The van der Waals surface area contributed by atoms with E-state index < -0.39 is 0 Å². The Morgan fingerprint density at radius 1 is 1.53 bits per heavy atom. The second-order valence-electron chi connectivity index (χ2n) is 4.02. The van der Waals surface area contributed by atoms with Crippen molar-refractivity contribution in [3.63, 3.8) is 0 Å². The van der Waals surface area contributed by atoms with Crippen molar-refractivity contribution >= 4 is 28.5 Å². The number of hydrogen-bond donors (Lipinski definition) is 2. The van der Waals surface area contributed by atoms with Crippen LogP contribution in [-0.4, -0.2) is 17.1 Å². The summed E-state index contributed by atoms with van der Waals surface area (Å²) in [6.07, 6.45) is 5.34. The second-order valence-corrected chi connectivity index (χ2v) is 5.27. The first-order valence-electron chi connectivity index (χ1n) is 5.21. The molecule has 1 aromatic carbocycles. The maximum Gasteiger partial charge on any atom is 0.256 e. The summed E-state index contributed by atoms with van der Waals surface area (Å²) in [5, 5.41) is 12.3. The first-order chi connectivity index (χ1) is 7.95. The smallest absolute Gasteiger partial charge is 0.256 e. The Morgan fingerprint density at radius 2 is 2.18 bits per heavy atom. The van der Waals surface area contributed by atoms with Crippen LogP contribution >= 0.6 is 22.6 Å². The van der Waals surface area contributed by atoms with Gasteiger partial charge in [-0.1, -0.05) is 19.8 Å². The molecule has 0 aliphatic rings.